The first-order valence-electron chi connectivity index (χ1n) is 7.13. The number of aliphatic hydroxyl groups is 1. The summed E-state index contributed by atoms with van der Waals surface area (Å²) in [5.41, 5.74) is 0.155. The first-order chi connectivity index (χ1) is 8.95. The lowest BCUT2D eigenvalue weighted by Crippen LogP contribution is -2.55. The summed E-state index contributed by atoms with van der Waals surface area (Å²) in [6, 6.07) is 0. The van der Waals surface area contributed by atoms with Crippen LogP contribution in [0.15, 0.2) is 12.7 Å². The molecule has 0 saturated heterocycles. The van der Waals surface area contributed by atoms with Gasteiger partial charge >= 0.3 is 0 Å². The van der Waals surface area contributed by atoms with Crippen molar-refractivity contribution in [2.24, 2.45) is 11.3 Å². The molecule has 5 heteroatoms. The fourth-order valence-electron chi connectivity index (χ4n) is 3.84. The van der Waals surface area contributed by atoms with Crippen molar-refractivity contribution in [3.63, 3.8) is 0 Å². The zero-order chi connectivity index (χ0) is 13.9. The third kappa shape index (κ3) is 3.76. The van der Waals surface area contributed by atoms with Crippen molar-refractivity contribution in [3.05, 3.63) is 12.7 Å². The van der Waals surface area contributed by atoms with E-state index in [1.807, 2.05) is 4.68 Å². The Kier molecular flexibility index (Phi) is 4.26. The van der Waals surface area contributed by atoms with Gasteiger partial charge in [-0.05, 0) is 30.6 Å². The molecule has 1 fully saturated rings. The van der Waals surface area contributed by atoms with Crippen LogP contribution in [0.5, 0.6) is 0 Å². The van der Waals surface area contributed by atoms with Gasteiger partial charge in [-0.3, -0.25) is 4.68 Å². The van der Waals surface area contributed by atoms with Gasteiger partial charge in [0.05, 0.1) is 13.2 Å². The molecule has 0 radical (unpaired) electrons. The second kappa shape index (κ2) is 5.59. The van der Waals surface area contributed by atoms with E-state index >= 15 is 0 Å². The summed E-state index contributed by atoms with van der Waals surface area (Å²) < 4.78 is 1.81. The fraction of sp³-hybridized carbons (Fsp3) is 0.857. The van der Waals surface area contributed by atoms with Gasteiger partial charge in [-0.1, -0.05) is 20.8 Å². The maximum atomic E-state index is 9.85. The zero-order valence-electron chi connectivity index (χ0n) is 12.3. The van der Waals surface area contributed by atoms with Crippen LogP contribution in [0.25, 0.3) is 0 Å². The predicted molar refractivity (Wildman–Crippen MR) is 74.6 cm³/mol. The summed E-state index contributed by atoms with van der Waals surface area (Å²) in [6.07, 6.45) is 6.58. The predicted octanol–water partition coefficient (Wildman–Crippen LogP) is 1.44. The van der Waals surface area contributed by atoms with E-state index in [1.165, 1.54) is 6.42 Å². The zero-order valence-corrected chi connectivity index (χ0v) is 12.3. The van der Waals surface area contributed by atoms with Crippen molar-refractivity contribution in [3.8, 4) is 0 Å². The Balaban J connectivity index is 1.93. The van der Waals surface area contributed by atoms with E-state index in [0.29, 0.717) is 11.3 Å². The number of hydrogen-bond acceptors (Lipinski definition) is 4. The molecule has 5 nitrogen and oxygen atoms in total. The van der Waals surface area contributed by atoms with Gasteiger partial charge in [-0.25, -0.2) is 4.98 Å². The fourth-order valence-corrected chi connectivity index (χ4v) is 3.84. The molecule has 2 atom stereocenters. The van der Waals surface area contributed by atoms with Gasteiger partial charge in [-0.2, -0.15) is 5.10 Å². The van der Waals surface area contributed by atoms with Crippen LogP contribution in [0.1, 0.15) is 40.0 Å². The standard InChI is InChI=1S/C14H26N4O/c1-12-6-13(2,3)8-14(7-12,9-19)16-4-5-18-11-15-10-17-18/h10-12,16,19H,4-9H2,1-3H3. The Hall–Kier alpha value is -0.940. The smallest absolute Gasteiger partial charge is 0.137 e. The van der Waals surface area contributed by atoms with Crippen LogP contribution in [0.4, 0.5) is 0 Å². The molecule has 0 bridgehead atoms. The Morgan fingerprint density at radius 3 is 2.79 bits per heavy atom. The van der Waals surface area contributed by atoms with E-state index in [1.54, 1.807) is 12.7 Å². The quantitative estimate of drug-likeness (QED) is 0.846. The Bertz CT molecular complexity index is 390. The summed E-state index contributed by atoms with van der Waals surface area (Å²) in [5, 5.41) is 17.5. The van der Waals surface area contributed by atoms with E-state index in [4.69, 9.17) is 0 Å². The molecular weight excluding hydrogens is 240 g/mol. The maximum absolute atomic E-state index is 9.85. The van der Waals surface area contributed by atoms with Crippen LogP contribution in [0, 0.1) is 11.3 Å². The van der Waals surface area contributed by atoms with Crippen LogP contribution in [-0.2, 0) is 6.54 Å². The van der Waals surface area contributed by atoms with Crippen molar-refractivity contribution in [2.45, 2.75) is 52.1 Å². The number of rotatable bonds is 5. The normalized spacial score (nSPS) is 30.4. The molecule has 0 spiro atoms. The number of hydrogen-bond donors (Lipinski definition) is 2. The van der Waals surface area contributed by atoms with Crippen LogP contribution in [-0.4, -0.2) is 38.6 Å². The number of nitrogens with zero attached hydrogens (tertiary/aromatic N) is 3. The molecule has 1 aliphatic rings. The topological polar surface area (TPSA) is 63.0 Å². The summed E-state index contributed by atoms with van der Waals surface area (Å²) in [5.74, 6) is 0.648. The molecule has 1 saturated carbocycles. The van der Waals surface area contributed by atoms with Gasteiger partial charge in [0.2, 0.25) is 0 Å². The molecule has 0 aromatic carbocycles. The lowest BCUT2D eigenvalue weighted by atomic mass is 9.64. The highest BCUT2D eigenvalue weighted by molar-refractivity contribution is 4.98. The van der Waals surface area contributed by atoms with Crippen LogP contribution in [0.3, 0.4) is 0 Å². The van der Waals surface area contributed by atoms with Gasteiger partial charge < -0.3 is 10.4 Å². The Morgan fingerprint density at radius 1 is 1.42 bits per heavy atom. The van der Waals surface area contributed by atoms with Gasteiger partial charge in [0, 0.05) is 12.1 Å². The largest absolute Gasteiger partial charge is 0.394 e. The maximum Gasteiger partial charge on any atom is 0.137 e. The Labute approximate surface area is 115 Å². The van der Waals surface area contributed by atoms with Crippen molar-refractivity contribution in [1.82, 2.24) is 20.1 Å². The molecule has 19 heavy (non-hydrogen) atoms. The SMILES string of the molecule is CC1CC(C)(C)CC(CO)(NCCn2cncn2)C1. The number of aliphatic hydroxyl groups excluding tert-OH is 1. The lowest BCUT2D eigenvalue weighted by Gasteiger charge is -2.47. The minimum atomic E-state index is -0.137. The van der Waals surface area contributed by atoms with Gasteiger partial charge in [-0.15, -0.1) is 0 Å². The molecule has 108 valence electrons. The molecule has 1 heterocycles. The minimum absolute atomic E-state index is 0.137. The van der Waals surface area contributed by atoms with E-state index in [9.17, 15) is 5.11 Å². The monoisotopic (exact) mass is 266 g/mol. The van der Waals surface area contributed by atoms with E-state index < -0.39 is 0 Å². The van der Waals surface area contributed by atoms with Crippen molar-refractivity contribution >= 4 is 0 Å². The molecule has 0 amide bonds. The van der Waals surface area contributed by atoms with Crippen LogP contribution in [0.2, 0.25) is 0 Å². The van der Waals surface area contributed by atoms with E-state index in [2.05, 4.69) is 36.2 Å². The molecule has 2 unspecified atom stereocenters. The average Bonchev–Trinajstić information content (AvgIpc) is 2.79. The first-order valence-corrected chi connectivity index (χ1v) is 7.13. The van der Waals surface area contributed by atoms with Gasteiger partial charge in [0.15, 0.2) is 0 Å². The Morgan fingerprint density at radius 2 is 2.21 bits per heavy atom. The van der Waals surface area contributed by atoms with Gasteiger partial charge in [0.25, 0.3) is 0 Å². The summed E-state index contributed by atoms with van der Waals surface area (Å²) in [6.45, 7) is 8.68. The van der Waals surface area contributed by atoms with E-state index in [-0.39, 0.29) is 12.1 Å². The molecular formula is C14H26N4O. The van der Waals surface area contributed by atoms with Crippen molar-refractivity contribution in [1.29, 1.82) is 0 Å². The second-order valence-electron chi connectivity index (χ2n) is 6.88. The molecule has 2 N–H and O–H groups in total. The summed E-state index contributed by atoms with van der Waals surface area (Å²) in [7, 11) is 0. The highest BCUT2D eigenvalue weighted by Crippen LogP contribution is 2.43. The molecule has 2 rings (SSSR count). The van der Waals surface area contributed by atoms with Gasteiger partial charge in [0.1, 0.15) is 12.7 Å². The number of nitrogens with one attached hydrogen (secondary N) is 1. The highest BCUT2D eigenvalue weighted by atomic mass is 16.3. The molecule has 0 aliphatic heterocycles. The average molecular weight is 266 g/mol. The second-order valence-corrected chi connectivity index (χ2v) is 6.88. The minimum Gasteiger partial charge on any atom is -0.394 e. The summed E-state index contributed by atoms with van der Waals surface area (Å²) >= 11 is 0. The lowest BCUT2D eigenvalue weighted by molar-refractivity contribution is 0.0359. The van der Waals surface area contributed by atoms with Crippen LogP contribution < -0.4 is 5.32 Å². The van der Waals surface area contributed by atoms with E-state index in [0.717, 1.165) is 25.9 Å². The van der Waals surface area contributed by atoms with Crippen molar-refractivity contribution < 1.29 is 5.11 Å². The first kappa shape index (κ1) is 14.5. The third-order valence-electron chi connectivity index (χ3n) is 4.07. The highest BCUT2D eigenvalue weighted by Gasteiger charge is 2.42. The molecule has 1 aliphatic carbocycles. The molecule has 1 aromatic rings. The number of aromatic nitrogens is 3. The van der Waals surface area contributed by atoms with Crippen molar-refractivity contribution in [2.75, 3.05) is 13.2 Å². The molecule has 1 aromatic heterocycles. The summed E-state index contributed by atoms with van der Waals surface area (Å²) in [4.78, 5) is 3.93. The third-order valence-corrected chi connectivity index (χ3v) is 4.07. The van der Waals surface area contributed by atoms with Crippen LogP contribution >= 0.6 is 0 Å².